The molecular weight excluding hydrogens is 413 g/mol. The van der Waals surface area contributed by atoms with Gasteiger partial charge in [0.2, 0.25) is 11.1 Å². The number of rotatable bonds is 6. The zero-order chi connectivity index (χ0) is 22.1. The fraction of sp³-hybridized carbons (Fsp3) is 0.261. The highest BCUT2D eigenvalue weighted by Crippen LogP contribution is 2.37. The van der Waals surface area contributed by atoms with E-state index >= 15 is 0 Å². The number of allylic oxidation sites excluding steroid dienone is 2. The van der Waals surface area contributed by atoms with Crippen LogP contribution in [0.4, 0.5) is 16.0 Å². The molecule has 0 aliphatic carbocycles. The molecule has 0 saturated heterocycles. The van der Waals surface area contributed by atoms with Crippen LogP contribution in [0.1, 0.15) is 31.0 Å². The van der Waals surface area contributed by atoms with Gasteiger partial charge in [-0.1, -0.05) is 42.1 Å². The number of nitrogens with zero attached hydrogens (tertiary/aromatic N) is 4. The van der Waals surface area contributed by atoms with Crippen molar-refractivity contribution < 1.29 is 9.18 Å². The van der Waals surface area contributed by atoms with Gasteiger partial charge >= 0.3 is 0 Å². The van der Waals surface area contributed by atoms with Crippen molar-refractivity contribution >= 4 is 29.2 Å². The van der Waals surface area contributed by atoms with Crippen molar-refractivity contribution in [1.82, 2.24) is 14.8 Å². The number of fused-ring (bicyclic) bond motifs is 1. The van der Waals surface area contributed by atoms with Crippen molar-refractivity contribution in [3.05, 3.63) is 76.7 Å². The lowest BCUT2D eigenvalue weighted by molar-refractivity contribution is -0.114. The lowest BCUT2D eigenvalue weighted by Gasteiger charge is -2.28. The highest BCUT2D eigenvalue weighted by Gasteiger charge is 2.32. The molecular formula is C23H24FN5OS. The molecule has 1 unspecified atom stereocenters. The molecule has 0 fully saturated rings. The number of Topliss-reactive ketones (excluding diaryl/α,β-unsaturated/α-hetero) is 1. The first kappa shape index (κ1) is 21.1. The number of thioether (sulfide) groups is 1. The molecule has 1 N–H and O–H groups in total. The van der Waals surface area contributed by atoms with E-state index in [0.717, 1.165) is 16.9 Å². The van der Waals surface area contributed by atoms with Crippen LogP contribution in [0.15, 0.2) is 65.0 Å². The molecule has 0 spiro atoms. The van der Waals surface area contributed by atoms with Gasteiger partial charge in [0.1, 0.15) is 11.9 Å². The molecule has 6 nitrogen and oxygen atoms in total. The van der Waals surface area contributed by atoms with Crippen LogP contribution in [0.3, 0.4) is 0 Å². The number of ketones is 1. The number of benzene rings is 2. The van der Waals surface area contributed by atoms with Crippen LogP contribution in [0.5, 0.6) is 0 Å². The summed E-state index contributed by atoms with van der Waals surface area (Å²) in [4.78, 5) is 19.1. The van der Waals surface area contributed by atoms with Gasteiger partial charge in [-0.15, -0.1) is 5.10 Å². The quantitative estimate of drug-likeness (QED) is 0.566. The molecule has 0 radical (unpaired) electrons. The maximum absolute atomic E-state index is 14.0. The Labute approximate surface area is 185 Å². The van der Waals surface area contributed by atoms with E-state index < -0.39 is 0 Å². The Hall–Kier alpha value is -3.13. The van der Waals surface area contributed by atoms with E-state index in [1.54, 1.807) is 23.7 Å². The number of hydrogen-bond donors (Lipinski definition) is 1. The lowest BCUT2D eigenvalue weighted by Crippen LogP contribution is -2.27. The summed E-state index contributed by atoms with van der Waals surface area (Å²) in [6, 6.07) is 14.4. The molecule has 3 aromatic rings. The van der Waals surface area contributed by atoms with Crippen molar-refractivity contribution in [2.75, 3.05) is 24.3 Å². The fourth-order valence-corrected chi connectivity index (χ4v) is 4.48. The van der Waals surface area contributed by atoms with Crippen molar-refractivity contribution in [2.24, 2.45) is 0 Å². The van der Waals surface area contributed by atoms with Crippen LogP contribution >= 0.6 is 11.8 Å². The maximum Gasteiger partial charge on any atom is 0.227 e. The van der Waals surface area contributed by atoms with Crippen LogP contribution in [0.2, 0.25) is 0 Å². The largest absolute Gasteiger partial charge is 0.378 e. The maximum atomic E-state index is 14.0. The van der Waals surface area contributed by atoms with Crippen LogP contribution in [-0.2, 0) is 10.5 Å². The Bertz CT molecular complexity index is 1150. The Morgan fingerprint density at radius 3 is 2.55 bits per heavy atom. The first-order valence-electron chi connectivity index (χ1n) is 9.94. The monoisotopic (exact) mass is 437 g/mol. The van der Waals surface area contributed by atoms with Gasteiger partial charge < -0.3 is 10.2 Å². The molecule has 0 amide bonds. The SMILES string of the molecule is CC(=O)C1=C(C)Nc2nc(SCc3ccccc3F)nn2C1c1ccc(N(C)C)cc1. The molecule has 0 saturated carbocycles. The van der Waals surface area contributed by atoms with Gasteiger partial charge in [-0.3, -0.25) is 4.79 Å². The fourth-order valence-electron chi connectivity index (χ4n) is 3.67. The number of halogens is 1. The predicted molar refractivity (Wildman–Crippen MR) is 122 cm³/mol. The van der Waals surface area contributed by atoms with E-state index in [9.17, 15) is 9.18 Å². The number of hydrogen-bond acceptors (Lipinski definition) is 6. The molecule has 2 aromatic carbocycles. The molecule has 4 rings (SSSR count). The molecule has 1 atom stereocenters. The zero-order valence-corrected chi connectivity index (χ0v) is 18.7. The summed E-state index contributed by atoms with van der Waals surface area (Å²) in [5.41, 5.74) is 4.04. The second kappa shape index (κ2) is 8.55. The van der Waals surface area contributed by atoms with Gasteiger partial charge in [-0.25, -0.2) is 9.07 Å². The topological polar surface area (TPSA) is 63.1 Å². The van der Waals surface area contributed by atoms with E-state index in [0.29, 0.717) is 28.0 Å². The predicted octanol–water partition coefficient (Wildman–Crippen LogP) is 4.65. The molecule has 160 valence electrons. The Morgan fingerprint density at radius 2 is 1.90 bits per heavy atom. The molecule has 31 heavy (non-hydrogen) atoms. The summed E-state index contributed by atoms with van der Waals surface area (Å²) in [5.74, 6) is 0.727. The highest BCUT2D eigenvalue weighted by molar-refractivity contribution is 7.98. The number of aromatic nitrogens is 3. The van der Waals surface area contributed by atoms with E-state index in [4.69, 9.17) is 0 Å². The number of carbonyl (C=O) groups is 1. The Morgan fingerprint density at radius 1 is 1.19 bits per heavy atom. The third-order valence-electron chi connectivity index (χ3n) is 5.25. The molecule has 1 aliphatic rings. The zero-order valence-electron chi connectivity index (χ0n) is 17.9. The minimum Gasteiger partial charge on any atom is -0.378 e. The van der Waals surface area contributed by atoms with Crippen molar-refractivity contribution in [1.29, 1.82) is 0 Å². The van der Waals surface area contributed by atoms with E-state index in [2.05, 4.69) is 15.4 Å². The summed E-state index contributed by atoms with van der Waals surface area (Å²) in [5, 5.41) is 8.39. The Balaban J connectivity index is 1.69. The van der Waals surface area contributed by atoms with Gasteiger partial charge in [-0.2, -0.15) is 4.98 Å². The van der Waals surface area contributed by atoms with Crippen LogP contribution in [0, 0.1) is 5.82 Å². The minimum atomic E-state index is -0.375. The van der Waals surface area contributed by atoms with Crippen LogP contribution in [0.25, 0.3) is 0 Å². The summed E-state index contributed by atoms with van der Waals surface area (Å²) in [6.45, 7) is 3.44. The lowest BCUT2D eigenvalue weighted by atomic mass is 9.93. The minimum absolute atomic E-state index is 0.0200. The Kier molecular flexibility index (Phi) is 5.82. The number of nitrogens with one attached hydrogen (secondary N) is 1. The molecule has 2 heterocycles. The first-order chi connectivity index (χ1) is 14.8. The highest BCUT2D eigenvalue weighted by atomic mass is 32.2. The summed E-state index contributed by atoms with van der Waals surface area (Å²) in [7, 11) is 3.97. The summed E-state index contributed by atoms with van der Waals surface area (Å²) in [6.07, 6.45) is 0. The third kappa shape index (κ3) is 4.20. The van der Waals surface area contributed by atoms with Gasteiger partial charge in [-0.05, 0) is 43.2 Å². The molecule has 0 bridgehead atoms. The standard InChI is InChI=1S/C23H24FN5OS/c1-14-20(15(2)30)21(16-9-11-18(12-10-16)28(3)4)29-22(25-14)26-23(27-29)31-13-17-7-5-6-8-19(17)24/h5-12,21H,13H2,1-4H3,(H,25,26,27). The van der Waals surface area contributed by atoms with E-state index in [1.807, 2.05) is 56.3 Å². The summed E-state index contributed by atoms with van der Waals surface area (Å²) < 4.78 is 15.7. The normalized spacial score (nSPS) is 15.5. The van der Waals surface area contributed by atoms with Gasteiger partial charge in [0.25, 0.3) is 0 Å². The van der Waals surface area contributed by atoms with Crippen molar-refractivity contribution in [3.8, 4) is 0 Å². The smallest absolute Gasteiger partial charge is 0.227 e. The average Bonchev–Trinajstić information content (AvgIpc) is 3.14. The first-order valence-corrected chi connectivity index (χ1v) is 10.9. The van der Waals surface area contributed by atoms with Crippen molar-refractivity contribution in [3.63, 3.8) is 0 Å². The molecule has 1 aliphatic heterocycles. The van der Waals surface area contributed by atoms with Gasteiger partial charge in [0.15, 0.2) is 5.78 Å². The van der Waals surface area contributed by atoms with Crippen molar-refractivity contribution in [2.45, 2.75) is 30.8 Å². The number of anilines is 2. The number of carbonyl (C=O) groups excluding carboxylic acids is 1. The van der Waals surface area contributed by atoms with Gasteiger partial charge in [0, 0.05) is 36.8 Å². The molecule has 8 heteroatoms. The second-order valence-corrected chi connectivity index (χ2v) is 8.59. The second-order valence-electron chi connectivity index (χ2n) is 7.65. The van der Waals surface area contributed by atoms with Crippen LogP contribution < -0.4 is 10.2 Å². The van der Waals surface area contributed by atoms with E-state index in [1.165, 1.54) is 17.8 Å². The van der Waals surface area contributed by atoms with Gasteiger partial charge in [0.05, 0.1) is 0 Å². The van der Waals surface area contributed by atoms with E-state index in [-0.39, 0.29) is 17.6 Å². The average molecular weight is 438 g/mol. The van der Waals surface area contributed by atoms with Crippen LogP contribution in [-0.4, -0.2) is 34.6 Å². The summed E-state index contributed by atoms with van der Waals surface area (Å²) >= 11 is 1.36. The molecule has 1 aromatic heterocycles. The third-order valence-corrected chi connectivity index (χ3v) is 6.14.